The third kappa shape index (κ3) is 1.51. The van der Waals surface area contributed by atoms with Crippen molar-refractivity contribution in [2.75, 3.05) is 11.9 Å². The number of benzene rings is 2. The zero-order valence-corrected chi connectivity index (χ0v) is 11.9. The molecule has 0 saturated heterocycles. The number of nitrogens with zero attached hydrogens (tertiary/aromatic N) is 2. The molecule has 2 nitrogen and oxygen atoms in total. The van der Waals surface area contributed by atoms with E-state index in [1.165, 1.54) is 27.7 Å². The molecule has 1 atom stereocenters. The third-order valence-corrected chi connectivity index (χ3v) is 4.54. The van der Waals surface area contributed by atoms with E-state index in [4.69, 9.17) is 0 Å². The fourth-order valence-electron chi connectivity index (χ4n) is 3.50. The van der Waals surface area contributed by atoms with Gasteiger partial charge in [0.1, 0.15) is 0 Å². The average Bonchev–Trinajstić information content (AvgIpc) is 2.99. The molecule has 2 heterocycles. The van der Waals surface area contributed by atoms with Crippen molar-refractivity contribution in [2.45, 2.75) is 12.5 Å². The van der Waals surface area contributed by atoms with E-state index in [-0.39, 0.29) is 0 Å². The minimum Gasteiger partial charge on any atom is -0.367 e. The second-order valence-corrected chi connectivity index (χ2v) is 5.67. The third-order valence-electron chi connectivity index (χ3n) is 4.54. The van der Waals surface area contributed by atoms with Gasteiger partial charge in [0.2, 0.25) is 0 Å². The normalized spacial score (nSPS) is 17.7. The number of fused-ring (bicyclic) bond motifs is 2. The van der Waals surface area contributed by atoms with E-state index in [0.717, 1.165) is 6.42 Å². The second-order valence-electron chi connectivity index (χ2n) is 5.67. The molecule has 0 fully saturated rings. The number of anilines is 1. The largest absolute Gasteiger partial charge is 0.367 e. The molecule has 1 aromatic heterocycles. The van der Waals surface area contributed by atoms with Gasteiger partial charge in [-0.15, -0.1) is 0 Å². The lowest BCUT2D eigenvalue weighted by atomic mass is 10.0. The maximum absolute atomic E-state index is 2.41. The van der Waals surface area contributed by atoms with Gasteiger partial charge in [0.15, 0.2) is 0 Å². The first-order valence-electron chi connectivity index (χ1n) is 7.10. The summed E-state index contributed by atoms with van der Waals surface area (Å²) in [5.41, 5.74) is 5.56. The smallest absolute Gasteiger partial charge is 0.0601 e. The molecule has 0 bridgehead atoms. The van der Waals surface area contributed by atoms with Gasteiger partial charge < -0.3 is 9.47 Å². The molecule has 0 saturated carbocycles. The van der Waals surface area contributed by atoms with Crippen LogP contribution in [0.4, 0.5) is 5.69 Å². The van der Waals surface area contributed by atoms with Crippen LogP contribution in [0.25, 0.3) is 10.9 Å². The first kappa shape index (κ1) is 11.6. The van der Waals surface area contributed by atoms with Gasteiger partial charge >= 0.3 is 0 Å². The van der Waals surface area contributed by atoms with Crippen molar-refractivity contribution in [3.8, 4) is 0 Å². The summed E-state index contributed by atoms with van der Waals surface area (Å²) in [7, 11) is 4.34. The van der Waals surface area contributed by atoms with Gasteiger partial charge in [-0.25, -0.2) is 0 Å². The average molecular weight is 262 g/mol. The summed E-state index contributed by atoms with van der Waals surface area (Å²) in [4.78, 5) is 2.41. The van der Waals surface area contributed by atoms with Crippen molar-refractivity contribution in [2.24, 2.45) is 7.05 Å². The van der Waals surface area contributed by atoms with E-state index in [1.807, 2.05) is 0 Å². The summed E-state index contributed by atoms with van der Waals surface area (Å²) >= 11 is 0. The van der Waals surface area contributed by atoms with Gasteiger partial charge in [0, 0.05) is 42.4 Å². The van der Waals surface area contributed by atoms with Crippen LogP contribution in [0.15, 0.2) is 54.7 Å². The summed E-state index contributed by atoms with van der Waals surface area (Å²) < 4.78 is 2.24. The van der Waals surface area contributed by atoms with Crippen LogP contribution in [0, 0.1) is 0 Å². The van der Waals surface area contributed by atoms with Crippen LogP contribution in [0.2, 0.25) is 0 Å². The van der Waals surface area contributed by atoms with Crippen LogP contribution in [0.5, 0.6) is 0 Å². The second kappa shape index (κ2) is 4.14. The number of rotatable bonds is 1. The van der Waals surface area contributed by atoms with Crippen LogP contribution in [-0.2, 0) is 13.5 Å². The van der Waals surface area contributed by atoms with Gasteiger partial charge in [0.05, 0.1) is 6.04 Å². The van der Waals surface area contributed by atoms with E-state index in [2.05, 4.69) is 78.3 Å². The molecule has 4 rings (SSSR count). The SMILES string of the molecule is CN1c2ccccc2C[C@H]1c1cn(C)c2ccccc12. The van der Waals surface area contributed by atoms with Gasteiger partial charge in [-0.3, -0.25) is 0 Å². The van der Waals surface area contributed by atoms with E-state index in [1.54, 1.807) is 0 Å². The van der Waals surface area contributed by atoms with Crippen LogP contribution in [0.3, 0.4) is 0 Å². The maximum Gasteiger partial charge on any atom is 0.0601 e. The minimum atomic E-state index is 0.443. The van der Waals surface area contributed by atoms with Gasteiger partial charge in [0.25, 0.3) is 0 Å². The molecule has 0 spiro atoms. The fraction of sp³-hybridized carbons (Fsp3) is 0.222. The fourth-order valence-corrected chi connectivity index (χ4v) is 3.50. The number of hydrogen-bond donors (Lipinski definition) is 0. The van der Waals surface area contributed by atoms with Crippen molar-refractivity contribution >= 4 is 16.6 Å². The molecule has 3 aromatic rings. The van der Waals surface area contributed by atoms with Crippen molar-refractivity contribution in [3.05, 3.63) is 65.9 Å². The number of aryl methyl sites for hydroxylation is 1. The molecular formula is C18H18N2. The Labute approximate surface area is 119 Å². The number of aromatic nitrogens is 1. The van der Waals surface area contributed by atoms with Crippen LogP contribution >= 0.6 is 0 Å². The lowest BCUT2D eigenvalue weighted by Gasteiger charge is -2.22. The van der Waals surface area contributed by atoms with Crippen LogP contribution < -0.4 is 4.90 Å². The highest BCUT2D eigenvalue weighted by atomic mass is 15.2. The van der Waals surface area contributed by atoms with Crippen molar-refractivity contribution in [1.29, 1.82) is 0 Å². The number of para-hydroxylation sites is 2. The molecule has 1 aliphatic heterocycles. The molecule has 0 aliphatic carbocycles. The first-order valence-corrected chi connectivity index (χ1v) is 7.10. The molecular weight excluding hydrogens is 244 g/mol. The zero-order valence-electron chi connectivity index (χ0n) is 11.9. The Bertz CT molecular complexity index is 785. The first-order chi connectivity index (χ1) is 9.75. The Kier molecular flexibility index (Phi) is 2.40. The van der Waals surface area contributed by atoms with Gasteiger partial charge in [-0.1, -0.05) is 36.4 Å². The standard InChI is InChI=1S/C18H18N2/c1-19-12-15(14-8-4-6-10-17(14)19)18-11-13-7-3-5-9-16(13)20(18)2/h3-10,12,18H,11H2,1-2H3/t18-/m0/s1. The van der Waals surface area contributed by atoms with Crippen LogP contribution in [0.1, 0.15) is 17.2 Å². The van der Waals surface area contributed by atoms with Gasteiger partial charge in [-0.05, 0) is 24.1 Å². The quantitative estimate of drug-likeness (QED) is 0.645. The highest BCUT2D eigenvalue weighted by Gasteiger charge is 2.29. The molecule has 100 valence electrons. The summed E-state index contributed by atoms with van der Waals surface area (Å²) in [6.07, 6.45) is 3.39. The minimum absolute atomic E-state index is 0.443. The number of hydrogen-bond acceptors (Lipinski definition) is 1. The maximum atomic E-state index is 2.41. The molecule has 20 heavy (non-hydrogen) atoms. The van der Waals surface area contributed by atoms with Crippen molar-refractivity contribution < 1.29 is 0 Å². The Hall–Kier alpha value is -2.22. The number of likely N-dealkylation sites (N-methyl/N-ethyl adjacent to an activating group) is 1. The predicted octanol–water partition coefficient (Wildman–Crippen LogP) is 3.91. The molecule has 2 heteroatoms. The molecule has 0 amide bonds. The zero-order chi connectivity index (χ0) is 13.7. The van der Waals surface area contributed by atoms with Crippen molar-refractivity contribution in [3.63, 3.8) is 0 Å². The van der Waals surface area contributed by atoms with Crippen molar-refractivity contribution in [1.82, 2.24) is 4.57 Å². The summed E-state index contributed by atoms with van der Waals surface area (Å²) in [5.74, 6) is 0. The molecule has 0 unspecified atom stereocenters. The Morgan fingerprint density at radius 3 is 2.55 bits per heavy atom. The van der Waals surface area contributed by atoms with Crippen LogP contribution in [-0.4, -0.2) is 11.6 Å². The lowest BCUT2D eigenvalue weighted by Crippen LogP contribution is -2.19. The highest BCUT2D eigenvalue weighted by Crippen LogP contribution is 2.41. The Morgan fingerprint density at radius 1 is 0.950 bits per heavy atom. The topological polar surface area (TPSA) is 8.17 Å². The monoisotopic (exact) mass is 262 g/mol. The van der Waals surface area contributed by atoms with Gasteiger partial charge in [-0.2, -0.15) is 0 Å². The summed E-state index contributed by atoms with van der Waals surface area (Å²) in [6, 6.07) is 17.9. The Morgan fingerprint density at radius 2 is 1.70 bits per heavy atom. The summed E-state index contributed by atoms with van der Waals surface area (Å²) in [5, 5.41) is 1.37. The molecule has 1 aliphatic rings. The Balaban J connectivity index is 1.86. The predicted molar refractivity (Wildman–Crippen MR) is 84.2 cm³/mol. The molecule has 2 aromatic carbocycles. The summed E-state index contributed by atoms with van der Waals surface area (Å²) in [6.45, 7) is 0. The lowest BCUT2D eigenvalue weighted by molar-refractivity contribution is 0.717. The van der Waals surface area contributed by atoms with E-state index in [9.17, 15) is 0 Å². The van der Waals surface area contributed by atoms with E-state index >= 15 is 0 Å². The van der Waals surface area contributed by atoms with E-state index in [0.29, 0.717) is 6.04 Å². The molecule has 0 radical (unpaired) electrons. The molecule has 0 N–H and O–H groups in total. The highest BCUT2D eigenvalue weighted by molar-refractivity contribution is 5.85. The van der Waals surface area contributed by atoms with E-state index < -0.39 is 0 Å².